The van der Waals surface area contributed by atoms with Gasteiger partial charge in [-0.3, -0.25) is 0 Å². The average Bonchev–Trinajstić information content (AvgIpc) is 2.39. The minimum atomic E-state index is 0.225. The highest BCUT2D eigenvalue weighted by Crippen LogP contribution is 2.45. The Morgan fingerprint density at radius 3 is 2.71 bits per heavy atom. The predicted octanol–water partition coefficient (Wildman–Crippen LogP) is 4.41. The van der Waals surface area contributed by atoms with Crippen molar-refractivity contribution in [1.82, 2.24) is 0 Å². The standard InChI is InChI=1S/C15H19ClO/c16-10-9-15-13-6-2-1-5-11(13)12-7-3-4-8-14(12)17-15/h1-2,5-6,12,14-15H,3-4,7-10H2/t12-,14?,15+/m1/s1. The number of halogens is 1. The summed E-state index contributed by atoms with van der Waals surface area (Å²) in [5.74, 6) is 1.31. The van der Waals surface area contributed by atoms with Gasteiger partial charge in [-0.15, -0.1) is 11.6 Å². The molecular formula is C15H19ClO. The smallest absolute Gasteiger partial charge is 0.0843 e. The fraction of sp³-hybridized carbons (Fsp3) is 0.600. The summed E-state index contributed by atoms with van der Waals surface area (Å²) in [6.45, 7) is 0. The van der Waals surface area contributed by atoms with E-state index in [1.54, 1.807) is 0 Å². The maximum atomic E-state index is 6.27. The summed E-state index contributed by atoms with van der Waals surface area (Å²) in [7, 11) is 0. The number of ether oxygens (including phenoxy) is 1. The van der Waals surface area contributed by atoms with Crippen LogP contribution >= 0.6 is 11.6 Å². The van der Waals surface area contributed by atoms with Crippen LogP contribution in [-0.2, 0) is 4.74 Å². The maximum Gasteiger partial charge on any atom is 0.0843 e. The minimum absolute atomic E-state index is 0.225. The van der Waals surface area contributed by atoms with E-state index in [9.17, 15) is 0 Å². The Labute approximate surface area is 108 Å². The molecule has 1 fully saturated rings. The topological polar surface area (TPSA) is 9.23 Å². The molecule has 1 aromatic rings. The van der Waals surface area contributed by atoms with E-state index in [1.165, 1.54) is 36.8 Å². The first-order valence-corrected chi connectivity index (χ1v) is 7.24. The van der Waals surface area contributed by atoms with Gasteiger partial charge < -0.3 is 4.74 Å². The second-order valence-corrected chi connectivity index (χ2v) is 5.54. The normalized spacial score (nSPS) is 31.7. The van der Waals surface area contributed by atoms with Gasteiger partial charge in [0, 0.05) is 11.8 Å². The molecule has 0 N–H and O–H groups in total. The average molecular weight is 251 g/mol. The van der Waals surface area contributed by atoms with Crippen LogP contribution in [0.4, 0.5) is 0 Å². The lowest BCUT2D eigenvalue weighted by molar-refractivity contribution is -0.0583. The van der Waals surface area contributed by atoms with Gasteiger partial charge in [0.25, 0.3) is 0 Å². The van der Waals surface area contributed by atoms with E-state index in [4.69, 9.17) is 16.3 Å². The van der Waals surface area contributed by atoms with Crippen LogP contribution in [-0.4, -0.2) is 12.0 Å². The molecule has 0 aromatic heterocycles. The van der Waals surface area contributed by atoms with Crippen LogP contribution in [0.25, 0.3) is 0 Å². The lowest BCUT2D eigenvalue weighted by atomic mass is 9.76. The van der Waals surface area contributed by atoms with Crippen molar-refractivity contribution in [3.63, 3.8) is 0 Å². The number of alkyl halides is 1. The zero-order chi connectivity index (χ0) is 11.7. The van der Waals surface area contributed by atoms with Crippen LogP contribution in [0.15, 0.2) is 24.3 Å². The summed E-state index contributed by atoms with van der Waals surface area (Å²) in [5, 5.41) is 0. The minimum Gasteiger partial charge on any atom is -0.370 e. The highest BCUT2D eigenvalue weighted by atomic mass is 35.5. The van der Waals surface area contributed by atoms with Crippen LogP contribution in [0.5, 0.6) is 0 Å². The monoisotopic (exact) mass is 250 g/mol. The number of fused-ring (bicyclic) bond motifs is 3. The van der Waals surface area contributed by atoms with E-state index in [0.29, 0.717) is 17.9 Å². The van der Waals surface area contributed by atoms with Gasteiger partial charge in [-0.2, -0.15) is 0 Å². The molecule has 92 valence electrons. The van der Waals surface area contributed by atoms with Crippen molar-refractivity contribution < 1.29 is 4.74 Å². The molecule has 0 spiro atoms. The van der Waals surface area contributed by atoms with Gasteiger partial charge in [0.1, 0.15) is 0 Å². The molecule has 2 aliphatic rings. The van der Waals surface area contributed by atoms with Crippen molar-refractivity contribution in [3.05, 3.63) is 35.4 Å². The van der Waals surface area contributed by atoms with E-state index in [-0.39, 0.29) is 6.10 Å². The lowest BCUT2D eigenvalue weighted by Crippen LogP contribution is -2.33. The van der Waals surface area contributed by atoms with Gasteiger partial charge >= 0.3 is 0 Å². The molecule has 2 heteroatoms. The van der Waals surface area contributed by atoms with Gasteiger partial charge in [-0.25, -0.2) is 0 Å². The molecular weight excluding hydrogens is 232 g/mol. The first-order valence-electron chi connectivity index (χ1n) is 6.70. The Hall–Kier alpha value is -0.530. The Kier molecular flexibility index (Phi) is 3.39. The zero-order valence-corrected chi connectivity index (χ0v) is 10.8. The second kappa shape index (κ2) is 4.99. The van der Waals surface area contributed by atoms with Crippen molar-refractivity contribution in [2.45, 2.75) is 50.2 Å². The summed E-state index contributed by atoms with van der Waals surface area (Å²) in [6.07, 6.45) is 6.76. The fourth-order valence-electron chi connectivity index (χ4n) is 3.36. The van der Waals surface area contributed by atoms with Crippen molar-refractivity contribution in [1.29, 1.82) is 0 Å². The van der Waals surface area contributed by atoms with Gasteiger partial charge in [0.2, 0.25) is 0 Å². The summed E-state index contributed by atoms with van der Waals surface area (Å²) in [4.78, 5) is 0. The van der Waals surface area contributed by atoms with Crippen LogP contribution in [0.2, 0.25) is 0 Å². The van der Waals surface area contributed by atoms with Gasteiger partial charge in [-0.1, -0.05) is 37.1 Å². The predicted molar refractivity (Wildman–Crippen MR) is 70.6 cm³/mol. The van der Waals surface area contributed by atoms with Crippen molar-refractivity contribution in [2.24, 2.45) is 0 Å². The van der Waals surface area contributed by atoms with Crippen molar-refractivity contribution in [3.8, 4) is 0 Å². The van der Waals surface area contributed by atoms with Gasteiger partial charge in [0.15, 0.2) is 0 Å². The quantitative estimate of drug-likeness (QED) is 0.707. The summed E-state index contributed by atoms with van der Waals surface area (Å²) < 4.78 is 6.27. The summed E-state index contributed by atoms with van der Waals surface area (Å²) in [5.41, 5.74) is 2.91. The highest BCUT2D eigenvalue weighted by molar-refractivity contribution is 6.17. The number of rotatable bonds is 2. The molecule has 1 nitrogen and oxygen atoms in total. The van der Waals surface area contributed by atoms with E-state index < -0.39 is 0 Å². The van der Waals surface area contributed by atoms with E-state index in [0.717, 1.165) is 6.42 Å². The molecule has 1 aromatic carbocycles. The Morgan fingerprint density at radius 2 is 1.88 bits per heavy atom. The third-order valence-electron chi connectivity index (χ3n) is 4.16. The molecule has 1 heterocycles. The molecule has 3 atom stereocenters. The Balaban J connectivity index is 1.96. The second-order valence-electron chi connectivity index (χ2n) is 5.16. The molecule has 17 heavy (non-hydrogen) atoms. The van der Waals surface area contributed by atoms with E-state index >= 15 is 0 Å². The first-order chi connectivity index (χ1) is 8.40. The maximum absolute atomic E-state index is 6.27. The molecule has 3 rings (SSSR count). The highest BCUT2D eigenvalue weighted by Gasteiger charge is 2.36. The van der Waals surface area contributed by atoms with Gasteiger partial charge in [-0.05, 0) is 30.4 Å². The van der Waals surface area contributed by atoms with Gasteiger partial charge in [0.05, 0.1) is 12.2 Å². The molecule has 1 aliphatic carbocycles. The van der Waals surface area contributed by atoms with Crippen molar-refractivity contribution in [2.75, 3.05) is 5.88 Å². The fourth-order valence-corrected chi connectivity index (χ4v) is 3.56. The molecule has 1 saturated carbocycles. The van der Waals surface area contributed by atoms with Crippen LogP contribution in [0.3, 0.4) is 0 Å². The molecule has 0 bridgehead atoms. The molecule has 1 aliphatic heterocycles. The van der Waals surface area contributed by atoms with Crippen LogP contribution in [0, 0.1) is 0 Å². The summed E-state index contributed by atoms with van der Waals surface area (Å²) in [6, 6.07) is 8.79. The molecule has 0 radical (unpaired) electrons. The third-order valence-corrected chi connectivity index (χ3v) is 4.37. The summed E-state index contributed by atoms with van der Waals surface area (Å²) >= 11 is 5.90. The first kappa shape index (κ1) is 11.6. The number of hydrogen-bond donors (Lipinski definition) is 0. The van der Waals surface area contributed by atoms with E-state index in [2.05, 4.69) is 24.3 Å². The zero-order valence-electron chi connectivity index (χ0n) is 10.1. The SMILES string of the molecule is ClCC[C@@H]1OC2CCCC[C@@H]2c2ccccc21. The third kappa shape index (κ3) is 2.11. The lowest BCUT2D eigenvalue weighted by Gasteiger charge is -2.41. The number of hydrogen-bond acceptors (Lipinski definition) is 1. The molecule has 0 amide bonds. The Bertz CT molecular complexity index is 390. The Morgan fingerprint density at radius 1 is 1.12 bits per heavy atom. The van der Waals surface area contributed by atoms with Crippen LogP contribution < -0.4 is 0 Å². The number of benzene rings is 1. The largest absolute Gasteiger partial charge is 0.370 e. The molecule has 1 unspecified atom stereocenters. The van der Waals surface area contributed by atoms with E-state index in [1.807, 2.05) is 0 Å². The van der Waals surface area contributed by atoms with Crippen molar-refractivity contribution >= 4 is 11.6 Å². The molecule has 0 saturated heterocycles. The van der Waals surface area contributed by atoms with Crippen LogP contribution in [0.1, 0.15) is 55.3 Å².